The number of benzene rings is 1. The third-order valence-corrected chi connectivity index (χ3v) is 4.42. The van der Waals surface area contributed by atoms with Crippen LogP contribution in [0, 0.1) is 5.92 Å². The summed E-state index contributed by atoms with van der Waals surface area (Å²) in [6.07, 6.45) is 6.29. The molecule has 2 heterocycles. The minimum absolute atomic E-state index is 0.0174. The monoisotopic (exact) mass is 338 g/mol. The van der Waals surface area contributed by atoms with E-state index in [4.69, 9.17) is 0 Å². The topological polar surface area (TPSA) is 75.2 Å². The van der Waals surface area contributed by atoms with Crippen molar-refractivity contribution in [2.45, 2.75) is 25.8 Å². The Morgan fingerprint density at radius 3 is 2.68 bits per heavy atom. The van der Waals surface area contributed by atoms with Crippen LogP contribution < -0.4 is 5.32 Å². The lowest BCUT2D eigenvalue weighted by Crippen LogP contribution is -2.56. The maximum absolute atomic E-state index is 12.3. The number of likely N-dealkylation sites (tertiary alicyclic amines) is 1. The van der Waals surface area contributed by atoms with Gasteiger partial charge >= 0.3 is 0 Å². The van der Waals surface area contributed by atoms with Crippen LogP contribution in [-0.4, -0.2) is 45.8 Å². The Balaban J connectivity index is 1.40. The number of carbonyl (C=O) groups excluding carboxylic acids is 2. The average Bonchev–Trinajstić information content (AvgIpc) is 2.60. The van der Waals surface area contributed by atoms with Crippen molar-refractivity contribution >= 4 is 11.8 Å². The zero-order chi connectivity index (χ0) is 17.6. The standard InChI is InChI=1S/C19H22N4O2/c1-14(7-8-15-5-3-2-4-6-15)22-18(24)16-12-23(13-16)19(25)17-11-20-9-10-21-17/h2-6,9-11,14,16H,7-8,12-13H2,1H3,(H,22,24)/t14-/m0/s1. The smallest absolute Gasteiger partial charge is 0.274 e. The number of amides is 2. The third-order valence-electron chi connectivity index (χ3n) is 4.42. The van der Waals surface area contributed by atoms with Gasteiger partial charge in [0.25, 0.3) is 5.91 Å². The zero-order valence-corrected chi connectivity index (χ0v) is 14.3. The number of carbonyl (C=O) groups is 2. The largest absolute Gasteiger partial charge is 0.353 e. The van der Waals surface area contributed by atoms with Gasteiger partial charge in [0.2, 0.25) is 5.91 Å². The molecule has 2 amide bonds. The Labute approximate surface area is 147 Å². The molecule has 6 nitrogen and oxygen atoms in total. The number of aromatic nitrogens is 2. The summed E-state index contributed by atoms with van der Waals surface area (Å²) in [6.45, 7) is 2.89. The molecule has 1 atom stereocenters. The number of hydrogen-bond donors (Lipinski definition) is 1. The van der Waals surface area contributed by atoms with Crippen LogP contribution >= 0.6 is 0 Å². The fourth-order valence-electron chi connectivity index (χ4n) is 2.84. The summed E-state index contributed by atoms with van der Waals surface area (Å²) in [6, 6.07) is 10.3. The zero-order valence-electron chi connectivity index (χ0n) is 14.3. The SMILES string of the molecule is C[C@@H](CCc1ccccc1)NC(=O)C1CN(C(=O)c2cnccn2)C1. The van der Waals surface area contributed by atoms with Crippen LogP contribution in [0.25, 0.3) is 0 Å². The van der Waals surface area contributed by atoms with Gasteiger partial charge in [-0.1, -0.05) is 30.3 Å². The maximum Gasteiger partial charge on any atom is 0.274 e. The van der Waals surface area contributed by atoms with Crippen LogP contribution in [-0.2, 0) is 11.2 Å². The van der Waals surface area contributed by atoms with Crippen molar-refractivity contribution in [1.29, 1.82) is 0 Å². The predicted molar refractivity (Wildman–Crippen MR) is 93.8 cm³/mol. The predicted octanol–water partition coefficient (Wildman–Crippen LogP) is 1.69. The number of nitrogens with zero attached hydrogens (tertiary/aromatic N) is 3. The summed E-state index contributed by atoms with van der Waals surface area (Å²) >= 11 is 0. The van der Waals surface area contributed by atoms with Crippen molar-refractivity contribution in [2.75, 3.05) is 13.1 Å². The Hall–Kier alpha value is -2.76. The van der Waals surface area contributed by atoms with Gasteiger partial charge in [-0.3, -0.25) is 14.6 Å². The minimum Gasteiger partial charge on any atom is -0.353 e. The molecule has 1 saturated heterocycles. The Morgan fingerprint density at radius 1 is 1.24 bits per heavy atom. The van der Waals surface area contributed by atoms with Gasteiger partial charge in [0.15, 0.2) is 0 Å². The van der Waals surface area contributed by atoms with Gasteiger partial charge in [0, 0.05) is 31.5 Å². The van der Waals surface area contributed by atoms with E-state index in [0.29, 0.717) is 18.8 Å². The highest BCUT2D eigenvalue weighted by Gasteiger charge is 2.36. The van der Waals surface area contributed by atoms with Crippen molar-refractivity contribution < 1.29 is 9.59 Å². The summed E-state index contributed by atoms with van der Waals surface area (Å²) in [4.78, 5) is 34.0. The third kappa shape index (κ3) is 4.41. The molecule has 0 spiro atoms. The molecule has 1 fully saturated rings. The van der Waals surface area contributed by atoms with Crippen LogP contribution in [0.2, 0.25) is 0 Å². The molecule has 1 aromatic carbocycles. The Bertz CT molecular complexity index is 715. The molecule has 1 aliphatic rings. The van der Waals surface area contributed by atoms with Crippen molar-refractivity contribution in [3.63, 3.8) is 0 Å². The lowest BCUT2D eigenvalue weighted by molar-refractivity contribution is -0.129. The molecule has 1 N–H and O–H groups in total. The second kappa shape index (κ2) is 7.88. The first kappa shape index (κ1) is 17.1. The number of rotatable bonds is 6. The van der Waals surface area contributed by atoms with E-state index in [1.807, 2.05) is 25.1 Å². The fourth-order valence-corrected chi connectivity index (χ4v) is 2.84. The van der Waals surface area contributed by atoms with Gasteiger partial charge in [-0.2, -0.15) is 0 Å². The molecule has 0 radical (unpaired) electrons. The van der Waals surface area contributed by atoms with Crippen LogP contribution in [0.4, 0.5) is 0 Å². The maximum atomic E-state index is 12.3. The molecule has 3 rings (SSSR count). The van der Waals surface area contributed by atoms with Gasteiger partial charge in [0.05, 0.1) is 12.1 Å². The molecule has 1 aliphatic heterocycles. The average molecular weight is 338 g/mol. The van der Waals surface area contributed by atoms with Gasteiger partial charge in [-0.05, 0) is 25.3 Å². The highest BCUT2D eigenvalue weighted by Crippen LogP contribution is 2.18. The highest BCUT2D eigenvalue weighted by atomic mass is 16.2. The first-order chi connectivity index (χ1) is 12.1. The molecule has 0 aliphatic carbocycles. The second-order valence-corrected chi connectivity index (χ2v) is 6.43. The highest BCUT2D eigenvalue weighted by molar-refractivity contribution is 5.94. The molecule has 0 saturated carbocycles. The molecular weight excluding hydrogens is 316 g/mol. The lowest BCUT2D eigenvalue weighted by Gasteiger charge is -2.38. The van der Waals surface area contributed by atoms with E-state index in [1.54, 1.807) is 4.90 Å². The van der Waals surface area contributed by atoms with Gasteiger partial charge < -0.3 is 10.2 Å². The molecule has 130 valence electrons. The van der Waals surface area contributed by atoms with Gasteiger partial charge in [0.1, 0.15) is 5.69 Å². The Kier molecular flexibility index (Phi) is 5.38. The van der Waals surface area contributed by atoms with E-state index < -0.39 is 0 Å². The summed E-state index contributed by atoms with van der Waals surface area (Å²) in [7, 11) is 0. The summed E-state index contributed by atoms with van der Waals surface area (Å²) in [5.41, 5.74) is 1.59. The van der Waals surface area contributed by atoms with Crippen molar-refractivity contribution in [3.8, 4) is 0 Å². The van der Waals surface area contributed by atoms with E-state index in [0.717, 1.165) is 12.8 Å². The van der Waals surface area contributed by atoms with Gasteiger partial charge in [-0.25, -0.2) is 4.98 Å². The van der Waals surface area contributed by atoms with Crippen molar-refractivity contribution in [3.05, 3.63) is 60.2 Å². The van der Waals surface area contributed by atoms with Crippen LogP contribution in [0.3, 0.4) is 0 Å². The van der Waals surface area contributed by atoms with Crippen molar-refractivity contribution in [1.82, 2.24) is 20.2 Å². The van der Waals surface area contributed by atoms with E-state index in [2.05, 4.69) is 27.4 Å². The first-order valence-electron chi connectivity index (χ1n) is 8.53. The van der Waals surface area contributed by atoms with Gasteiger partial charge in [-0.15, -0.1) is 0 Å². The quantitative estimate of drug-likeness (QED) is 0.870. The molecule has 0 bridgehead atoms. The van der Waals surface area contributed by atoms with E-state index in [-0.39, 0.29) is 23.8 Å². The molecule has 25 heavy (non-hydrogen) atoms. The molecule has 1 aromatic heterocycles. The molecule has 6 heteroatoms. The van der Waals surface area contributed by atoms with Crippen LogP contribution in [0.1, 0.15) is 29.4 Å². The molecule has 0 unspecified atom stereocenters. The minimum atomic E-state index is -0.172. The second-order valence-electron chi connectivity index (χ2n) is 6.43. The van der Waals surface area contributed by atoms with Crippen molar-refractivity contribution in [2.24, 2.45) is 5.92 Å². The summed E-state index contributed by atoms with van der Waals surface area (Å²) in [5.74, 6) is -0.294. The summed E-state index contributed by atoms with van der Waals surface area (Å²) < 4.78 is 0. The number of aryl methyl sites for hydroxylation is 1. The van der Waals surface area contributed by atoms with E-state index in [1.165, 1.54) is 24.2 Å². The number of nitrogens with one attached hydrogen (secondary N) is 1. The number of hydrogen-bond acceptors (Lipinski definition) is 4. The molecular formula is C19H22N4O2. The fraction of sp³-hybridized carbons (Fsp3) is 0.368. The summed E-state index contributed by atoms with van der Waals surface area (Å²) in [5, 5.41) is 3.05. The van der Waals surface area contributed by atoms with E-state index >= 15 is 0 Å². The molecule has 2 aromatic rings. The van der Waals surface area contributed by atoms with Crippen LogP contribution in [0.5, 0.6) is 0 Å². The lowest BCUT2D eigenvalue weighted by atomic mass is 9.97. The van der Waals surface area contributed by atoms with E-state index in [9.17, 15) is 9.59 Å². The van der Waals surface area contributed by atoms with Crippen LogP contribution in [0.15, 0.2) is 48.9 Å². The Morgan fingerprint density at radius 2 is 2.00 bits per heavy atom. The first-order valence-corrected chi connectivity index (χ1v) is 8.53. The normalized spacial score (nSPS) is 15.3.